The summed E-state index contributed by atoms with van der Waals surface area (Å²) in [5.41, 5.74) is 1.58. The molecule has 0 aliphatic carbocycles. The Bertz CT molecular complexity index is 545. The van der Waals surface area contributed by atoms with Crippen LogP contribution >= 0.6 is 39.1 Å². The lowest BCUT2D eigenvalue weighted by Gasteiger charge is -2.10. The summed E-state index contributed by atoms with van der Waals surface area (Å²) >= 11 is 15.8. The second kappa shape index (κ2) is 5.55. The van der Waals surface area contributed by atoms with E-state index in [0.717, 1.165) is 10.0 Å². The molecule has 2 aromatic rings. The molecule has 0 saturated carbocycles. The van der Waals surface area contributed by atoms with Crippen LogP contribution in [0.1, 0.15) is 25.6 Å². The number of hydrogen-bond donors (Lipinski definition) is 0. The topological polar surface area (TPSA) is 25.8 Å². The van der Waals surface area contributed by atoms with E-state index in [1.165, 1.54) is 0 Å². The predicted octanol–water partition coefficient (Wildman–Crippen LogP) is 5.34. The number of nitrogens with zero attached hydrogens (tertiary/aromatic N) is 2. The van der Waals surface area contributed by atoms with Gasteiger partial charge in [-0.1, -0.05) is 65.1 Å². The second-order valence-electron chi connectivity index (χ2n) is 4.20. The quantitative estimate of drug-likeness (QED) is 0.687. The number of hydrogen-bond acceptors (Lipinski definition) is 2. The molecule has 0 N–H and O–H groups in total. The molecule has 0 aliphatic heterocycles. The standard InChI is InChI=1S/C13H11BrCl2N2/c1-7(2)13-17-11(15)10(12(16)18-13)8-3-5-9(14)6-4-8/h3-7H,1-2H3. The Morgan fingerprint density at radius 3 is 1.94 bits per heavy atom. The molecule has 1 aromatic heterocycles. The average molecular weight is 346 g/mol. The van der Waals surface area contributed by atoms with Crippen LogP contribution in [-0.4, -0.2) is 9.97 Å². The number of rotatable bonds is 2. The highest BCUT2D eigenvalue weighted by Gasteiger charge is 2.15. The van der Waals surface area contributed by atoms with Crippen molar-refractivity contribution in [1.29, 1.82) is 0 Å². The van der Waals surface area contributed by atoms with E-state index in [1.807, 2.05) is 38.1 Å². The van der Waals surface area contributed by atoms with Gasteiger partial charge in [0.05, 0.1) is 5.56 Å². The van der Waals surface area contributed by atoms with E-state index < -0.39 is 0 Å². The van der Waals surface area contributed by atoms with Gasteiger partial charge in [0.1, 0.15) is 16.1 Å². The SMILES string of the molecule is CC(C)c1nc(Cl)c(-c2ccc(Br)cc2)c(Cl)n1. The molecule has 0 amide bonds. The molecule has 5 heteroatoms. The van der Waals surface area contributed by atoms with Gasteiger partial charge in [-0.15, -0.1) is 0 Å². The van der Waals surface area contributed by atoms with E-state index in [0.29, 0.717) is 21.7 Å². The smallest absolute Gasteiger partial charge is 0.142 e. The van der Waals surface area contributed by atoms with Gasteiger partial charge < -0.3 is 0 Å². The van der Waals surface area contributed by atoms with Crippen molar-refractivity contribution in [3.63, 3.8) is 0 Å². The lowest BCUT2D eigenvalue weighted by atomic mass is 10.1. The third-order valence-electron chi connectivity index (χ3n) is 2.49. The summed E-state index contributed by atoms with van der Waals surface area (Å²) in [6.45, 7) is 4.00. The maximum absolute atomic E-state index is 6.21. The van der Waals surface area contributed by atoms with Crippen LogP contribution in [0.15, 0.2) is 28.7 Å². The molecule has 2 rings (SSSR count). The van der Waals surface area contributed by atoms with Crippen LogP contribution in [0.2, 0.25) is 10.3 Å². The molecule has 18 heavy (non-hydrogen) atoms. The molecule has 0 fully saturated rings. The molecule has 0 unspecified atom stereocenters. The molecule has 1 heterocycles. The van der Waals surface area contributed by atoms with Crippen molar-refractivity contribution in [2.75, 3.05) is 0 Å². The number of halogens is 3. The molecular weight excluding hydrogens is 335 g/mol. The fourth-order valence-corrected chi connectivity index (χ4v) is 2.42. The van der Waals surface area contributed by atoms with Crippen molar-refractivity contribution in [1.82, 2.24) is 9.97 Å². The first kappa shape index (κ1) is 13.8. The fourth-order valence-electron chi connectivity index (χ4n) is 1.54. The van der Waals surface area contributed by atoms with Gasteiger partial charge in [0, 0.05) is 10.4 Å². The first-order chi connectivity index (χ1) is 8.49. The molecule has 0 bridgehead atoms. The highest BCUT2D eigenvalue weighted by Crippen LogP contribution is 2.33. The van der Waals surface area contributed by atoms with Gasteiger partial charge in [-0.25, -0.2) is 9.97 Å². The van der Waals surface area contributed by atoms with Gasteiger partial charge in [0.25, 0.3) is 0 Å². The van der Waals surface area contributed by atoms with Crippen LogP contribution < -0.4 is 0 Å². The van der Waals surface area contributed by atoms with E-state index in [-0.39, 0.29) is 5.92 Å². The lowest BCUT2D eigenvalue weighted by Crippen LogP contribution is -2.00. The minimum absolute atomic E-state index is 0.193. The Kier molecular flexibility index (Phi) is 4.25. The van der Waals surface area contributed by atoms with Gasteiger partial charge >= 0.3 is 0 Å². The van der Waals surface area contributed by atoms with E-state index in [2.05, 4.69) is 25.9 Å². The van der Waals surface area contributed by atoms with E-state index in [1.54, 1.807) is 0 Å². The zero-order valence-corrected chi connectivity index (χ0v) is 13.0. The van der Waals surface area contributed by atoms with Crippen molar-refractivity contribution in [3.05, 3.63) is 44.9 Å². The Balaban J connectivity index is 2.55. The summed E-state index contributed by atoms with van der Waals surface area (Å²) in [5.74, 6) is 0.852. The predicted molar refractivity (Wildman–Crippen MR) is 79.3 cm³/mol. The Morgan fingerprint density at radius 1 is 1.00 bits per heavy atom. The number of benzene rings is 1. The van der Waals surface area contributed by atoms with Gasteiger partial charge in [-0.05, 0) is 17.7 Å². The molecule has 0 aliphatic rings. The van der Waals surface area contributed by atoms with Crippen LogP contribution in [0.3, 0.4) is 0 Å². The summed E-state index contributed by atoms with van der Waals surface area (Å²) in [7, 11) is 0. The molecule has 94 valence electrons. The average Bonchev–Trinajstić information content (AvgIpc) is 2.30. The van der Waals surface area contributed by atoms with Gasteiger partial charge in [-0.2, -0.15) is 0 Å². The molecule has 0 saturated heterocycles. The van der Waals surface area contributed by atoms with Crippen molar-refractivity contribution in [3.8, 4) is 11.1 Å². The summed E-state index contributed by atoms with van der Waals surface area (Å²) in [6, 6.07) is 7.71. The normalized spacial score (nSPS) is 11.0. The molecule has 0 atom stereocenters. The van der Waals surface area contributed by atoms with E-state index >= 15 is 0 Å². The summed E-state index contributed by atoms with van der Waals surface area (Å²) in [6.07, 6.45) is 0. The van der Waals surface area contributed by atoms with Crippen molar-refractivity contribution in [2.24, 2.45) is 0 Å². The van der Waals surface area contributed by atoms with Gasteiger partial charge in [0.15, 0.2) is 0 Å². The Labute approximate surface area is 124 Å². The Morgan fingerprint density at radius 2 is 1.50 bits per heavy atom. The monoisotopic (exact) mass is 344 g/mol. The molecule has 2 nitrogen and oxygen atoms in total. The van der Waals surface area contributed by atoms with Crippen molar-refractivity contribution in [2.45, 2.75) is 19.8 Å². The third kappa shape index (κ3) is 2.85. The maximum atomic E-state index is 6.21. The fraction of sp³-hybridized carbons (Fsp3) is 0.231. The van der Waals surface area contributed by atoms with Crippen LogP contribution in [0.25, 0.3) is 11.1 Å². The minimum Gasteiger partial charge on any atom is -0.220 e. The zero-order chi connectivity index (χ0) is 13.3. The van der Waals surface area contributed by atoms with E-state index in [9.17, 15) is 0 Å². The van der Waals surface area contributed by atoms with Crippen LogP contribution in [0, 0.1) is 0 Å². The summed E-state index contributed by atoms with van der Waals surface area (Å²) in [5, 5.41) is 0.780. The first-order valence-electron chi connectivity index (χ1n) is 5.48. The minimum atomic E-state index is 0.193. The van der Waals surface area contributed by atoms with Crippen molar-refractivity contribution < 1.29 is 0 Å². The first-order valence-corrected chi connectivity index (χ1v) is 7.03. The Hall–Kier alpha value is -0.640. The highest BCUT2D eigenvalue weighted by molar-refractivity contribution is 9.10. The summed E-state index contributed by atoms with van der Waals surface area (Å²) in [4.78, 5) is 8.58. The molecular formula is C13H11BrCl2N2. The van der Waals surface area contributed by atoms with Crippen LogP contribution in [-0.2, 0) is 0 Å². The molecule has 1 aromatic carbocycles. The van der Waals surface area contributed by atoms with E-state index in [4.69, 9.17) is 23.2 Å². The third-order valence-corrected chi connectivity index (χ3v) is 3.56. The van der Waals surface area contributed by atoms with Crippen LogP contribution in [0.5, 0.6) is 0 Å². The molecule has 0 radical (unpaired) electrons. The highest BCUT2D eigenvalue weighted by atomic mass is 79.9. The molecule has 0 spiro atoms. The lowest BCUT2D eigenvalue weighted by molar-refractivity contribution is 0.775. The maximum Gasteiger partial charge on any atom is 0.142 e. The number of aromatic nitrogens is 2. The van der Waals surface area contributed by atoms with Crippen molar-refractivity contribution >= 4 is 39.1 Å². The second-order valence-corrected chi connectivity index (χ2v) is 5.83. The summed E-state index contributed by atoms with van der Waals surface area (Å²) < 4.78 is 0.998. The van der Waals surface area contributed by atoms with Gasteiger partial charge in [-0.3, -0.25) is 0 Å². The largest absolute Gasteiger partial charge is 0.220 e. The van der Waals surface area contributed by atoms with Gasteiger partial charge in [0.2, 0.25) is 0 Å². The van der Waals surface area contributed by atoms with Crippen LogP contribution in [0.4, 0.5) is 0 Å². The zero-order valence-electron chi connectivity index (χ0n) is 9.92.